The van der Waals surface area contributed by atoms with Crippen LogP contribution in [0.1, 0.15) is 60.3 Å². The van der Waals surface area contributed by atoms with Gasteiger partial charge in [-0.15, -0.1) is 6.58 Å². The van der Waals surface area contributed by atoms with E-state index in [4.69, 9.17) is 9.16 Å². The van der Waals surface area contributed by atoms with Crippen molar-refractivity contribution in [1.82, 2.24) is 0 Å². The monoisotopic (exact) mass is 340 g/mol. The van der Waals surface area contributed by atoms with E-state index in [1.54, 1.807) is 0 Å². The Hall–Kier alpha value is -0.873. The third-order valence-corrected chi connectivity index (χ3v) is 9.24. The molecule has 0 amide bonds. The number of carbonyl (C=O) groups is 1. The maximum atomic E-state index is 11.7. The number of esters is 1. The standard InChI is InChI=1S/C19H36O3Si/c1-8-23(9-2,10-3)22-18(15-19(20)21-7)14-17(6)13-11-12-16(4)5/h14,18H,4,8-13,15H2,1-3,5-7H3/b17-14+/t18-/m1/s1. The van der Waals surface area contributed by atoms with E-state index in [-0.39, 0.29) is 12.1 Å². The van der Waals surface area contributed by atoms with Crippen molar-refractivity contribution in [1.29, 1.82) is 0 Å². The fourth-order valence-electron chi connectivity index (χ4n) is 2.77. The number of rotatable bonds is 12. The fourth-order valence-corrected chi connectivity index (χ4v) is 5.57. The summed E-state index contributed by atoms with van der Waals surface area (Å²) in [5.74, 6) is -0.202. The van der Waals surface area contributed by atoms with Gasteiger partial charge in [0, 0.05) is 0 Å². The molecule has 0 aromatic carbocycles. The smallest absolute Gasteiger partial charge is 0.308 e. The summed E-state index contributed by atoms with van der Waals surface area (Å²) in [6.07, 6.45) is 5.46. The molecule has 0 radical (unpaired) electrons. The van der Waals surface area contributed by atoms with Crippen LogP contribution in [0.5, 0.6) is 0 Å². The zero-order chi connectivity index (χ0) is 17.9. The molecule has 23 heavy (non-hydrogen) atoms. The summed E-state index contributed by atoms with van der Waals surface area (Å²) in [5, 5.41) is 0. The van der Waals surface area contributed by atoms with Crippen molar-refractivity contribution < 1.29 is 14.0 Å². The third kappa shape index (κ3) is 9.11. The minimum Gasteiger partial charge on any atom is -0.469 e. The van der Waals surface area contributed by atoms with Gasteiger partial charge in [0.15, 0.2) is 8.32 Å². The highest BCUT2D eigenvalue weighted by Crippen LogP contribution is 2.26. The SMILES string of the molecule is C=C(C)CCC/C(C)=C/[C@H](CC(=O)OC)O[Si](CC)(CC)CC. The van der Waals surface area contributed by atoms with Crippen molar-refractivity contribution in [3.8, 4) is 0 Å². The maximum Gasteiger partial charge on any atom is 0.308 e. The molecule has 0 N–H and O–H groups in total. The molecule has 0 aliphatic heterocycles. The van der Waals surface area contributed by atoms with Crippen LogP contribution in [0.25, 0.3) is 0 Å². The third-order valence-electron chi connectivity index (χ3n) is 4.57. The average molecular weight is 341 g/mol. The molecule has 0 unspecified atom stereocenters. The van der Waals surface area contributed by atoms with Crippen molar-refractivity contribution in [2.45, 2.75) is 84.5 Å². The molecule has 0 saturated carbocycles. The number of hydrogen-bond acceptors (Lipinski definition) is 3. The lowest BCUT2D eigenvalue weighted by atomic mass is 10.0. The van der Waals surface area contributed by atoms with Crippen molar-refractivity contribution in [2.24, 2.45) is 0 Å². The summed E-state index contributed by atoms with van der Waals surface area (Å²) in [6.45, 7) is 14.7. The molecule has 0 fully saturated rings. The first-order valence-corrected chi connectivity index (χ1v) is 11.4. The number of hydrogen-bond donors (Lipinski definition) is 0. The lowest BCUT2D eigenvalue weighted by Gasteiger charge is -2.32. The molecule has 0 heterocycles. The molecule has 0 aliphatic carbocycles. The summed E-state index contributed by atoms with van der Waals surface area (Å²) >= 11 is 0. The lowest BCUT2D eigenvalue weighted by molar-refractivity contribution is -0.142. The molecule has 4 heteroatoms. The van der Waals surface area contributed by atoms with Crippen LogP contribution in [0, 0.1) is 0 Å². The molecule has 0 spiro atoms. The predicted molar refractivity (Wildman–Crippen MR) is 101 cm³/mol. The molecule has 134 valence electrons. The van der Waals surface area contributed by atoms with Crippen LogP contribution in [0.3, 0.4) is 0 Å². The molecule has 0 aromatic rings. The summed E-state index contributed by atoms with van der Waals surface area (Å²) in [7, 11) is -0.305. The Labute approximate surface area is 144 Å². The Morgan fingerprint density at radius 1 is 1.13 bits per heavy atom. The topological polar surface area (TPSA) is 35.5 Å². The van der Waals surface area contributed by atoms with Gasteiger partial charge in [0.25, 0.3) is 0 Å². The first-order chi connectivity index (χ1) is 10.8. The van der Waals surface area contributed by atoms with E-state index in [0.29, 0.717) is 6.42 Å². The van der Waals surface area contributed by atoms with E-state index < -0.39 is 8.32 Å². The van der Waals surface area contributed by atoms with E-state index in [2.05, 4.69) is 47.3 Å². The van der Waals surface area contributed by atoms with Crippen LogP contribution in [-0.2, 0) is 14.0 Å². The van der Waals surface area contributed by atoms with E-state index in [1.807, 2.05) is 0 Å². The number of allylic oxidation sites excluding steroid dienone is 2. The molecule has 3 nitrogen and oxygen atoms in total. The number of ether oxygens (including phenoxy) is 1. The van der Waals surface area contributed by atoms with Gasteiger partial charge in [0.2, 0.25) is 0 Å². The van der Waals surface area contributed by atoms with Gasteiger partial charge in [-0.05, 0) is 51.2 Å². The van der Waals surface area contributed by atoms with Crippen LogP contribution in [-0.4, -0.2) is 27.5 Å². The minimum absolute atomic E-state index is 0.154. The molecule has 0 saturated heterocycles. The van der Waals surface area contributed by atoms with Gasteiger partial charge in [-0.1, -0.05) is 38.0 Å². The highest BCUT2D eigenvalue weighted by molar-refractivity contribution is 6.73. The first kappa shape index (κ1) is 22.1. The molecular weight excluding hydrogens is 304 g/mol. The van der Waals surface area contributed by atoms with Crippen LogP contribution in [0.2, 0.25) is 18.1 Å². The quantitative estimate of drug-likeness (QED) is 0.262. The summed E-state index contributed by atoms with van der Waals surface area (Å²) in [5.41, 5.74) is 2.50. The van der Waals surface area contributed by atoms with Crippen molar-refractivity contribution in [3.63, 3.8) is 0 Å². The summed E-state index contributed by atoms with van der Waals surface area (Å²) in [6, 6.07) is 3.25. The second kappa shape index (κ2) is 11.6. The fraction of sp³-hybridized carbons (Fsp3) is 0.737. The molecule has 0 rings (SSSR count). The number of carbonyl (C=O) groups excluding carboxylic acids is 1. The van der Waals surface area contributed by atoms with Gasteiger partial charge in [-0.2, -0.15) is 0 Å². The highest BCUT2D eigenvalue weighted by Gasteiger charge is 2.32. The van der Waals surface area contributed by atoms with Crippen molar-refractivity contribution in [2.75, 3.05) is 7.11 Å². The van der Waals surface area contributed by atoms with Crippen molar-refractivity contribution >= 4 is 14.3 Å². The Morgan fingerprint density at radius 2 is 1.70 bits per heavy atom. The van der Waals surface area contributed by atoms with Gasteiger partial charge in [0.05, 0.1) is 19.6 Å². The zero-order valence-corrected chi connectivity index (χ0v) is 17.0. The van der Waals surface area contributed by atoms with Gasteiger partial charge in [0.1, 0.15) is 0 Å². The number of methoxy groups -OCH3 is 1. The van der Waals surface area contributed by atoms with E-state index in [0.717, 1.165) is 37.4 Å². The normalized spacial score (nSPS) is 13.7. The minimum atomic E-state index is -1.74. The Balaban J connectivity index is 4.98. The van der Waals surface area contributed by atoms with E-state index in [1.165, 1.54) is 18.3 Å². The zero-order valence-electron chi connectivity index (χ0n) is 16.0. The largest absolute Gasteiger partial charge is 0.469 e. The van der Waals surface area contributed by atoms with Crippen molar-refractivity contribution in [3.05, 3.63) is 23.8 Å². The highest BCUT2D eigenvalue weighted by atomic mass is 28.4. The van der Waals surface area contributed by atoms with E-state index >= 15 is 0 Å². The molecular formula is C19H36O3Si. The maximum absolute atomic E-state index is 11.7. The Morgan fingerprint density at radius 3 is 2.13 bits per heavy atom. The van der Waals surface area contributed by atoms with Gasteiger partial charge in [-0.25, -0.2) is 0 Å². The van der Waals surface area contributed by atoms with E-state index in [9.17, 15) is 4.79 Å². The second-order valence-electron chi connectivity index (χ2n) is 6.50. The Bertz CT molecular complexity index is 389. The summed E-state index contributed by atoms with van der Waals surface area (Å²) in [4.78, 5) is 11.7. The lowest BCUT2D eigenvalue weighted by Crippen LogP contribution is -2.40. The van der Waals surface area contributed by atoms with Gasteiger partial charge >= 0.3 is 5.97 Å². The van der Waals surface area contributed by atoms with Crippen LogP contribution >= 0.6 is 0 Å². The molecule has 1 atom stereocenters. The van der Waals surface area contributed by atoms with Crippen LogP contribution < -0.4 is 0 Å². The molecule has 0 aliphatic rings. The van der Waals surface area contributed by atoms with Crippen LogP contribution in [0.15, 0.2) is 23.8 Å². The Kier molecular flexibility index (Phi) is 11.2. The summed E-state index contributed by atoms with van der Waals surface area (Å²) < 4.78 is 11.3. The van der Waals surface area contributed by atoms with Crippen LogP contribution in [0.4, 0.5) is 0 Å². The predicted octanol–water partition coefficient (Wildman–Crippen LogP) is 5.63. The second-order valence-corrected chi connectivity index (χ2v) is 11.2. The van der Waals surface area contributed by atoms with Gasteiger partial charge < -0.3 is 9.16 Å². The average Bonchev–Trinajstić information content (AvgIpc) is 2.52. The first-order valence-electron chi connectivity index (χ1n) is 8.88. The molecule has 0 aromatic heterocycles. The molecule has 0 bridgehead atoms. The van der Waals surface area contributed by atoms with Gasteiger partial charge in [-0.3, -0.25) is 4.79 Å².